The molecule has 2 heterocycles. The van der Waals surface area contributed by atoms with Crippen LogP contribution in [0.2, 0.25) is 0 Å². The zero-order valence-electron chi connectivity index (χ0n) is 7.04. The number of thiazole rings is 1. The van der Waals surface area contributed by atoms with Gasteiger partial charge in [0.1, 0.15) is 5.01 Å². The molecular formula is C8H12N2S2. The molecule has 0 atom stereocenters. The lowest BCUT2D eigenvalue weighted by atomic mass is 10.4. The molecule has 1 aliphatic rings. The molecule has 0 amide bonds. The normalized spacial score (nSPS) is 17.8. The molecule has 0 aromatic carbocycles. The van der Waals surface area contributed by atoms with Crippen molar-refractivity contribution in [2.75, 3.05) is 11.5 Å². The molecule has 0 aliphatic carbocycles. The SMILES string of the molecule is Cc1cnc(CNC2CSC2)s1. The molecule has 66 valence electrons. The minimum Gasteiger partial charge on any atom is -0.306 e. The van der Waals surface area contributed by atoms with Crippen molar-refractivity contribution in [3.63, 3.8) is 0 Å². The number of thioether (sulfide) groups is 1. The van der Waals surface area contributed by atoms with Crippen molar-refractivity contribution in [3.8, 4) is 0 Å². The maximum Gasteiger partial charge on any atom is 0.107 e. The Morgan fingerprint density at radius 3 is 3.00 bits per heavy atom. The fraction of sp³-hybridized carbons (Fsp3) is 0.625. The highest BCUT2D eigenvalue weighted by Gasteiger charge is 2.17. The van der Waals surface area contributed by atoms with E-state index in [1.165, 1.54) is 21.4 Å². The van der Waals surface area contributed by atoms with Crippen molar-refractivity contribution >= 4 is 23.1 Å². The first-order chi connectivity index (χ1) is 5.84. The molecule has 1 aromatic heterocycles. The quantitative estimate of drug-likeness (QED) is 0.803. The average molecular weight is 200 g/mol. The molecule has 0 unspecified atom stereocenters. The molecule has 4 heteroatoms. The molecule has 0 spiro atoms. The maximum atomic E-state index is 4.30. The van der Waals surface area contributed by atoms with Crippen LogP contribution in [0.25, 0.3) is 0 Å². The van der Waals surface area contributed by atoms with Crippen LogP contribution in [-0.2, 0) is 6.54 Å². The van der Waals surface area contributed by atoms with Gasteiger partial charge in [-0.05, 0) is 6.92 Å². The van der Waals surface area contributed by atoms with Gasteiger partial charge >= 0.3 is 0 Å². The summed E-state index contributed by atoms with van der Waals surface area (Å²) < 4.78 is 0. The van der Waals surface area contributed by atoms with E-state index < -0.39 is 0 Å². The van der Waals surface area contributed by atoms with Crippen LogP contribution in [0.15, 0.2) is 6.20 Å². The summed E-state index contributed by atoms with van der Waals surface area (Å²) in [7, 11) is 0. The summed E-state index contributed by atoms with van der Waals surface area (Å²) in [6.07, 6.45) is 1.94. The molecule has 2 rings (SSSR count). The highest BCUT2D eigenvalue weighted by atomic mass is 32.2. The second-order valence-electron chi connectivity index (χ2n) is 2.98. The lowest BCUT2D eigenvalue weighted by Gasteiger charge is -2.25. The Hall–Kier alpha value is -0.0600. The van der Waals surface area contributed by atoms with Gasteiger partial charge in [-0.15, -0.1) is 11.3 Å². The Balaban J connectivity index is 1.79. The van der Waals surface area contributed by atoms with Crippen molar-refractivity contribution in [3.05, 3.63) is 16.1 Å². The van der Waals surface area contributed by atoms with Gasteiger partial charge in [-0.2, -0.15) is 11.8 Å². The van der Waals surface area contributed by atoms with E-state index in [1.54, 1.807) is 11.3 Å². The number of aromatic nitrogens is 1. The van der Waals surface area contributed by atoms with Gasteiger partial charge in [-0.3, -0.25) is 0 Å². The predicted octanol–water partition coefficient (Wildman–Crippen LogP) is 1.66. The number of hydrogen-bond donors (Lipinski definition) is 1. The van der Waals surface area contributed by atoms with Gasteiger partial charge in [0.2, 0.25) is 0 Å². The Kier molecular flexibility index (Phi) is 2.68. The number of aryl methyl sites for hydroxylation is 1. The van der Waals surface area contributed by atoms with Gasteiger partial charge in [0, 0.05) is 35.2 Å². The fourth-order valence-electron chi connectivity index (χ4n) is 1.07. The van der Waals surface area contributed by atoms with E-state index in [4.69, 9.17) is 0 Å². The van der Waals surface area contributed by atoms with E-state index in [2.05, 4.69) is 17.2 Å². The van der Waals surface area contributed by atoms with Gasteiger partial charge in [-0.1, -0.05) is 0 Å². The van der Waals surface area contributed by atoms with E-state index >= 15 is 0 Å². The smallest absolute Gasteiger partial charge is 0.107 e. The minimum absolute atomic E-state index is 0.735. The van der Waals surface area contributed by atoms with E-state index in [9.17, 15) is 0 Å². The Morgan fingerprint density at radius 2 is 2.50 bits per heavy atom. The Labute approximate surface area is 80.8 Å². The van der Waals surface area contributed by atoms with Gasteiger partial charge in [0.25, 0.3) is 0 Å². The monoisotopic (exact) mass is 200 g/mol. The van der Waals surface area contributed by atoms with Gasteiger partial charge in [0.05, 0.1) is 0 Å². The molecular weight excluding hydrogens is 188 g/mol. The van der Waals surface area contributed by atoms with Gasteiger partial charge < -0.3 is 5.32 Å². The van der Waals surface area contributed by atoms with Gasteiger partial charge in [0.15, 0.2) is 0 Å². The summed E-state index contributed by atoms with van der Waals surface area (Å²) in [4.78, 5) is 5.60. The van der Waals surface area contributed by atoms with Crippen molar-refractivity contribution in [2.45, 2.75) is 19.5 Å². The molecule has 0 saturated carbocycles. The van der Waals surface area contributed by atoms with Crippen LogP contribution >= 0.6 is 23.1 Å². The Bertz CT molecular complexity index is 255. The van der Waals surface area contributed by atoms with Gasteiger partial charge in [-0.25, -0.2) is 4.98 Å². The predicted molar refractivity (Wildman–Crippen MR) is 54.8 cm³/mol. The van der Waals surface area contributed by atoms with Crippen LogP contribution in [0.1, 0.15) is 9.88 Å². The van der Waals surface area contributed by atoms with E-state index in [1.807, 2.05) is 18.0 Å². The van der Waals surface area contributed by atoms with Crippen LogP contribution < -0.4 is 5.32 Å². The first-order valence-electron chi connectivity index (χ1n) is 4.07. The summed E-state index contributed by atoms with van der Waals surface area (Å²) in [6, 6.07) is 0.735. The van der Waals surface area contributed by atoms with Crippen molar-refractivity contribution in [1.82, 2.24) is 10.3 Å². The molecule has 1 N–H and O–H groups in total. The topological polar surface area (TPSA) is 24.9 Å². The third kappa shape index (κ3) is 2.00. The number of nitrogens with zero attached hydrogens (tertiary/aromatic N) is 1. The highest BCUT2D eigenvalue weighted by molar-refractivity contribution is 8.00. The second kappa shape index (κ2) is 3.77. The van der Waals surface area contributed by atoms with Crippen LogP contribution in [0.5, 0.6) is 0 Å². The van der Waals surface area contributed by atoms with E-state index in [0.29, 0.717) is 0 Å². The molecule has 12 heavy (non-hydrogen) atoms. The molecule has 1 saturated heterocycles. The highest BCUT2D eigenvalue weighted by Crippen LogP contribution is 2.18. The Morgan fingerprint density at radius 1 is 1.67 bits per heavy atom. The first kappa shape index (κ1) is 8.53. The summed E-state index contributed by atoms with van der Waals surface area (Å²) in [5.74, 6) is 2.54. The summed E-state index contributed by atoms with van der Waals surface area (Å²) in [5.41, 5.74) is 0. The van der Waals surface area contributed by atoms with Crippen LogP contribution in [0.3, 0.4) is 0 Å². The summed E-state index contributed by atoms with van der Waals surface area (Å²) >= 11 is 3.79. The standard InChI is InChI=1S/C8H12N2S2/c1-6-2-10-8(12-6)3-9-7-4-11-5-7/h2,7,9H,3-5H2,1H3. The average Bonchev–Trinajstić information content (AvgIpc) is 2.32. The second-order valence-corrected chi connectivity index (χ2v) is 5.37. The van der Waals surface area contributed by atoms with E-state index in [-0.39, 0.29) is 0 Å². The molecule has 2 nitrogen and oxygen atoms in total. The molecule has 1 fully saturated rings. The fourth-order valence-corrected chi connectivity index (χ4v) is 2.51. The third-order valence-corrected chi connectivity index (χ3v) is 4.04. The summed E-state index contributed by atoms with van der Waals surface area (Å²) in [5, 5.41) is 4.69. The first-order valence-corrected chi connectivity index (χ1v) is 6.04. The zero-order valence-corrected chi connectivity index (χ0v) is 8.67. The lowest BCUT2D eigenvalue weighted by Crippen LogP contribution is -2.39. The number of rotatable bonds is 3. The minimum atomic E-state index is 0.735. The lowest BCUT2D eigenvalue weighted by molar-refractivity contribution is 0.581. The number of hydrogen-bond acceptors (Lipinski definition) is 4. The van der Waals surface area contributed by atoms with Crippen LogP contribution in [0.4, 0.5) is 0 Å². The summed E-state index contributed by atoms with van der Waals surface area (Å²) in [6.45, 7) is 3.05. The van der Waals surface area contributed by atoms with Crippen LogP contribution in [0, 0.1) is 6.92 Å². The molecule has 0 radical (unpaired) electrons. The third-order valence-electron chi connectivity index (χ3n) is 1.85. The molecule has 0 bridgehead atoms. The number of nitrogens with one attached hydrogen (secondary N) is 1. The van der Waals surface area contributed by atoms with Crippen molar-refractivity contribution in [2.24, 2.45) is 0 Å². The molecule has 1 aromatic rings. The van der Waals surface area contributed by atoms with Crippen molar-refractivity contribution in [1.29, 1.82) is 0 Å². The molecule has 1 aliphatic heterocycles. The van der Waals surface area contributed by atoms with E-state index in [0.717, 1.165) is 12.6 Å². The van der Waals surface area contributed by atoms with Crippen LogP contribution in [-0.4, -0.2) is 22.5 Å². The largest absolute Gasteiger partial charge is 0.306 e. The van der Waals surface area contributed by atoms with Crippen molar-refractivity contribution < 1.29 is 0 Å². The zero-order chi connectivity index (χ0) is 8.39. The maximum absolute atomic E-state index is 4.30.